The van der Waals surface area contributed by atoms with Gasteiger partial charge < -0.3 is 9.47 Å². The largest absolute Gasteiger partial charge is 0.490 e. The number of benzene rings is 1. The van der Waals surface area contributed by atoms with Crippen molar-refractivity contribution in [1.82, 2.24) is 0 Å². The third-order valence-electron chi connectivity index (χ3n) is 2.15. The van der Waals surface area contributed by atoms with Gasteiger partial charge in [0.25, 0.3) is 0 Å². The lowest BCUT2D eigenvalue weighted by atomic mass is 10.2. The summed E-state index contributed by atoms with van der Waals surface area (Å²) in [5, 5.41) is 0. The van der Waals surface area contributed by atoms with Crippen LogP contribution in [-0.4, -0.2) is 18.0 Å². The minimum Gasteiger partial charge on any atom is -0.490 e. The molecule has 1 aromatic rings. The van der Waals surface area contributed by atoms with E-state index in [2.05, 4.69) is 22.9 Å². The second-order valence-corrected chi connectivity index (χ2v) is 5.21. The molecule has 3 heteroatoms. The van der Waals surface area contributed by atoms with Gasteiger partial charge in [-0.3, -0.25) is 0 Å². The summed E-state index contributed by atoms with van der Waals surface area (Å²) in [5.74, 6) is 1.67. The number of para-hydroxylation sites is 2. The number of rotatable bonds is 7. The van der Waals surface area contributed by atoms with Gasteiger partial charge in [0.2, 0.25) is 0 Å². The van der Waals surface area contributed by atoms with E-state index < -0.39 is 0 Å². The Kier molecular flexibility index (Phi) is 6.31. The molecule has 0 fully saturated rings. The molecule has 0 spiro atoms. The summed E-state index contributed by atoms with van der Waals surface area (Å²) in [6.07, 6.45) is 2.17. The maximum atomic E-state index is 5.69. The standard InChI is InChI=1S/C13H19BrO2/c1-3-15-12-8-4-5-9-13(12)16-10-6-7-11(2)14/h4-5,8-9,11H,3,6-7,10H2,1-2H3. The minimum atomic E-state index is 0.554. The molecule has 16 heavy (non-hydrogen) atoms. The summed E-state index contributed by atoms with van der Waals surface area (Å²) >= 11 is 3.52. The van der Waals surface area contributed by atoms with Crippen molar-refractivity contribution in [3.63, 3.8) is 0 Å². The maximum absolute atomic E-state index is 5.69. The van der Waals surface area contributed by atoms with Gasteiger partial charge in [-0.25, -0.2) is 0 Å². The molecular formula is C13H19BrO2. The van der Waals surface area contributed by atoms with Gasteiger partial charge in [0, 0.05) is 4.83 Å². The predicted molar refractivity (Wildman–Crippen MR) is 70.7 cm³/mol. The predicted octanol–water partition coefficient (Wildman–Crippen LogP) is 4.03. The van der Waals surface area contributed by atoms with Gasteiger partial charge in [0.15, 0.2) is 11.5 Å². The Hall–Kier alpha value is -0.700. The average Bonchev–Trinajstić information content (AvgIpc) is 2.26. The van der Waals surface area contributed by atoms with Crippen LogP contribution >= 0.6 is 15.9 Å². The Bertz CT molecular complexity index is 300. The number of ether oxygens (including phenoxy) is 2. The van der Waals surface area contributed by atoms with Crippen LogP contribution in [-0.2, 0) is 0 Å². The van der Waals surface area contributed by atoms with Gasteiger partial charge in [0.1, 0.15) is 0 Å². The molecule has 0 aliphatic rings. The molecule has 0 amide bonds. The summed E-state index contributed by atoms with van der Waals surface area (Å²) < 4.78 is 11.2. The molecule has 1 unspecified atom stereocenters. The van der Waals surface area contributed by atoms with Crippen LogP contribution < -0.4 is 9.47 Å². The molecule has 0 bridgehead atoms. The van der Waals surface area contributed by atoms with Gasteiger partial charge in [-0.15, -0.1) is 0 Å². The summed E-state index contributed by atoms with van der Waals surface area (Å²) in [6.45, 7) is 5.52. The summed E-state index contributed by atoms with van der Waals surface area (Å²) in [4.78, 5) is 0.554. The molecule has 1 atom stereocenters. The van der Waals surface area contributed by atoms with E-state index in [1.54, 1.807) is 0 Å². The van der Waals surface area contributed by atoms with Crippen LogP contribution in [0.5, 0.6) is 11.5 Å². The van der Waals surface area contributed by atoms with Gasteiger partial charge in [-0.2, -0.15) is 0 Å². The molecule has 0 N–H and O–H groups in total. The van der Waals surface area contributed by atoms with E-state index >= 15 is 0 Å². The van der Waals surface area contributed by atoms with Gasteiger partial charge in [-0.05, 0) is 31.9 Å². The Labute approximate surface area is 106 Å². The monoisotopic (exact) mass is 286 g/mol. The first-order chi connectivity index (χ1) is 7.74. The number of alkyl halides is 1. The molecule has 0 saturated heterocycles. The van der Waals surface area contributed by atoms with Gasteiger partial charge in [-0.1, -0.05) is 35.0 Å². The van der Waals surface area contributed by atoms with Crippen LogP contribution in [0.2, 0.25) is 0 Å². The van der Waals surface area contributed by atoms with Crippen LogP contribution in [0, 0.1) is 0 Å². The van der Waals surface area contributed by atoms with E-state index in [9.17, 15) is 0 Å². The number of hydrogen-bond donors (Lipinski definition) is 0. The van der Waals surface area contributed by atoms with E-state index in [1.807, 2.05) is 31.2 Å². The first-order valence-electron chi connectivity index (χ1n) is 5.72. The summed E-state index contributed by atoms with van der Waals surface area (Å²) in [6, 6.07) is 7.80. The van der Waals surface area contributed by atoms with Crippen LogP contribution in [0.25, 0.3) is 0 Å². The van der Waals surface area contributed by atoms with Crippen LogP contribution in [0.1, 0.15) is 26.7 Å². The SMILES string of the molecule is CCOc1ccccc1OCCCC(C)Br. The molecule has 2 nitrogen and oxygen atoms in total. The van der Waals surface area contributed by atoms with Crippen molar-refractivity contribution in [3.8, 4) is 11.5 Å². The third-order valence-corrected chi connectivity index (χ3v) is 2.61. The van der Waals surface area contributed by atoms with Crippen molar-refractivity contribution in [2.45, 2.75) is 31.5 Å². The molecule has 0 aliphatic heterocycles. The molecule has 0 saturated carbocycles. The molecular weight excluding hydrogens is 268 g/mol. The molecule has 0 heterocycles. The van der Waals surface area contributed by atoms with Crippen LogP contribution in [0.15, 0.2) is 24.3 Å². The molecule has 90 valence electrons. The van der Waals surface area contributed by atoms with Crippen molar-refractivity contribution >= 4 is 15.9 Å². The van der Waals surface area contributed by atoms with Crippen molar-refractivity contribution < 1.29 is 9.47 Å². The lowest BCUT2D eigenvalue weighted by Crippen LogP contribution is -2.02. The fourth-order valence-corrected chi connectivity index (χ4v) is 1.71. The fraction of sp³-hybridized carbons (Fsp3) is 0.538. The average molecular weight is 287 g/mol. The van der Waals surface area contributed by atoms with Crippen LogP contribution in [0.4, 0.5) is 0 Å². The van der Waals surface area contributed by atoms with Crippen LogP contribution in [0.3, 0.4) is 0 Å². The Balaban J connectivity index is 2.40. The zero-order chi connectivity index (χ0) is 11.8. The summed E-state index contributed by atoms with van der Waals surface area (Å²) in [7, 11) is 0. The Morgan fingerprint density at radius 1 is 1.19 bits per heavy atom. The Morgan fingerprint density at radius 3 is 2.38 bits per heavy atom. The summed E-state index contributed by atoms with van der Waals surface area (Å²) in [5.41, 5.74) is 0. The zero-order valence-corrected chi connectivity index (χ0v) is 11.5. The highest BCUT2D eigenvalue weighted by molar-refractivity contribution is 9.09. The van der Waals surface area contributed by atoms with E-state index in [0.717, 1.165) is 30.9 Å². The topological polar surface area (TPSA) is 18.5 Å². The van der Waals surface area contributed by atoms with Crippen molar-refractivity contribution in [3.05, 3.63) is 24.3 Å². The van der Waals surface area contributed by atoms with E-state index in [1.165, 1.54) is 0 Å². The van der Waals surface area contributed by atoms with Crippen molar-refractivity contribution in [1.29, 1.82) is 0 Å². The maximum Gasteiger partial charge on any atom is 0.161 e. The first kappa shape index (κ1) is 13.4. The highest BCUT2D eigenvalue weighted by Crippen LogP contribution is 2.26. The quantitative estimate of drug-likeness (QED) is 0.557. The molecule has 0 aromatic heterocycles. The number of hydrogen-bond acceptors (Lipinski definition) is 2. The molecule has 0 aliphatic carbocycles. The first-order valence-corrected chi connectivity index (χ1v) is 6.64. The van der Waals surface area contributed by atoms with E-state index in [0.29, 0.717) is 11.4 Å². The third kappa shape index (κ3) is 4.88. The van der Waals surface area contributed by atoms with Crippen molar-refractivity contribution in [2.24, 2.45) is 0 Å². The highest BCUT2D eigenvalue weighted by atomic mass is 79.9. The second kappa shape index (κ2) is 7.55. The minimum absolute atomic E-state index is 0.554. The molecule has 1 rings (SSSR count). The highest BCUT2D eigenvalue weighted by Gasteiger charge is 2.03. The molecule has 1 aromatic carbocycles. The molecule has 0 radical (unpaired) electrons. The lowest BCUT2D eigenvalue weighted by Gasteiger charge is -2.11. The second-order valence-electron chi connectivity index (χ2n) is 3.65. The zero-order valence-electron chi connectivity index (χ0n) is 9.91. The van der Waals surface area contributed by atoms with Gasteiger partial charge in [0.05, 0.1) is 13.2 Å². The smallest absolute Gasteiger partial charge is 0.161 e. The Morgan fingerprint density at radius 2 is 1.81 bits per heavy atom. The van der Waals surface area contributed by atoms with Crippen molar-refractivity contribution in [2.75, 3.05) is 13.2 Å². The number of halogens is 1. The van der Waals surface area contributed by atoms with E-state index in [-0.39, 0.29) is 0 Å². The lowest BCUT2D eigenvalue weighted by molar-refractivity contribution is 0.271. The normalized spacial score (nSPS) is 12.2. The fourth-order valence-electron chi connectivity index (χ4n) is 1.39. The van der Waals surface area contributed by atoms with Gasteiger partial charge >= 0.3 is 0 Å². The van der Waals surface area contributed by atoms with E-state index in [4.69, 9.17) is 9.47 Å².